The van der Waals surface area contributed by atoms with Crippen molar-refractivity contribution >= 4 is 23.6 Å². The minimum Gasteiger partial charge on any atom is -0.481 e. The molecular formula is C12H19NO4S. The summed E-state index contributed by atoms with van der Waals surface area (Å²) in [6.07, 6.45) is 0.908. The van der Waals surface area contributed by atoms with Crippen LogP contribution in [0.25, 0.3) is 0 Å². The molecule has 0 aromatic carbocycles. The molecule has 1 amide bonds. The van der Waals surface area contributed by atoms with Crippen LogP contribution in [0.1, 0.15) is 13.3 Å². The van der Waals surface area contributed by atoms with E-state index in [1.807, 2.05) is 6.92 Å². The molecule has 0 aromatic heterocycles. The standard InChI is InChI=1S/C12H19NO4S/c1-2-13(11(14)8-3-4-18-7-8)10-6-17-5-9(10)12(15)16/h8-10H,2-7H2,1H3,(H,15,16). The fraction of sp³-hybridized carbons (Fsp3) is 0.833. The summed E-state index contributed by atoms with van der Waals surface area (Å²) in [5.41, 5.74) is 0. The molecule has 2 fully saturated rings. The number of ether oxygens (including phenoxy) is 1. The van der Waals surface area contributed by atoms with E-state index < -0.39 is 11.9 Å². The van der Waals surface area contributed by atoms with Crippen LogP contribution in [0.15, 0.2) is 0 Å². The van der Waals surface area contributed by atoms with Gasteiger partial charge in [0.25, 0.3) is 0 Å². The Bertz CT molecular complexity index is 330. The molecule has 0 radical (unpaired) electrons. The topological polar surface area (TPSA) is 66.8 Å². The largest absolute Gasteiger partial charge is 0.481 e. The molecule has 3 unspecified atom stereocenters. The summed E-state index contributed by atoms with van der Waals surface area (Å²) in [6.45, 7) is 3.01. The Labute approximate surface area is 111 Å². The highest BCUT2D eigenvalue weighted by atomic mass is 32.2. The number of likely N-dealkylation sites (N-methyl/N-ethyl adjacent to an activating group) is 1. The lowest BCUT2D eigenvalue weighted by Crippen LogP contribution is -2.48. The molecule has 0 spiro atoms. The third-order valence-electron chi connectivity index (χ3n) is 3.67. The molecule has 2 heterocycles. The minimum atomic E-state index is -0.871. The molecular weight excluding hydrogens is 254 g/mol. The first-order chi connectivity index (χ1) is 8.65. The molecule has 0 bridgehead atoms. The van der Waals surface area contributed by atoms with Crippen LogP contribution in [0.4, 0.5) is 0 Å². The van der Waals surface area contributed by atoms with Gasteiger partial charge in [0.05, 0.1) is 19.3 Å². The molecule has 18 heavy (non-hydrogen) atoms. The maximum Gasteiger partial charge on any atom is 0.311 e. The summed E-state index contributed by atoms with van der Waals surface area (Å²) < 4.78 is 5.25. The molecule has 2 saturated heterocycles. The average molecular weight is 273 g/mol. The summed E-state index contributed by atoms with van der Waals surface area (Å²) >= 11 is 1.79. The third kappa shape index (κ3) is 2.64. The second kappa shape index (κ2) is 5.93. The Kier molecular flexibility index (Phi) is 4.50. The van der Waals surface area contributed by atoms with Crippen LogP contribution in [0, 0.1) is 11.8 Å². The number of hydrogen-bond acceptors (Lipinski definition) is 4. The van der Waals surface area contributed by atoms with Gasteiger partial charge in [0, 0.05) is 18.2 Å². The number of carbonyl (C=O) groups excluding carboxylic acids is 1. The third-order valence-corrected chi connectivity index (χ3v) is 4.83. The highest BCUT2D eigenvalue weighted by Gasteiger charge is 2.41. The first-order valence-corrected chi connectivity index (χ1v) is 7.49. The van der Waals surface area contributed by atoms with Gasteiger partial charge in [-0.3, -0.25) is 9.59 Å². The zero-order chi connectivity index (χ0) is 13.1. The normalized spacial score (nSPS) is 31.5. The highest BCUT2D eigenvalue weighted by molar-refractivity contribution is 7.99. The van der Waals surface area contributed by atoms with Crippen molar-refractivity contribution in [3.63, 3.8) is 0 Å². The monoisotopic (exact) mass is 273 g/mol. The van der Waals surface area contributed by atoms with Crippen LogP contribution >= 0.6 is 11.8 Å². The van der Waals surface area contributed by atoms with Crippen molar-refractivity contribution in [2.75, 3.05) is 31.3 Å². The summed E-state index contributed by atoms with van der Waals surface area (Å²) in [4.78, 5) is 25.3. The van der Waals surface area contributed by atoms with Crippen LogP contribution in [0.3, 0.4) is 0 Å². The lowest BCUT2D eigenvalue weighted by atomic mass is 9.99. The van der Waals surface area contributed by atoms with Gasteiger partial charge >= 0.3 is 5.97 Å². The molecule has 102 valence electrons. The van der Waals surface area contributed by atoms with Crippen molar-refractivity contribution < 1.29 is 19.4 Å². The van der Waals surface area contributed by atoms with E-state index in [-0.39, 0.29) is 24.5 Å². The number of rotatable bonds is 4. The Morgan fingerprint density at radius 1 is 1.44 bits per heavy atom. The second-order valence-corrected chi connectivity index (χ2v) is 5.88. The SMILES string of the molecule is CCN(C(=O)C1CCSC1)C1COCC1C(=O)O. The van der Waals surface area contributed by atoms with Crippen molar-refractivity contribution in [1.82, 2.24) is 4.90 Å². The molecule has 2 aliphatic heterocycles. The van der Waals surface area contributed by atoms with E-state index in [0.29, 0.717) is 13.2 Å². The molecule has 2 rings (SSSR count). The number of nitrogens with zero attached hydrogens (tertiary/aromatic N) is 1. The molecule has 6 heteroatoms. The first-order valence-electron chi connectivity index (χ1n) is 6.34. The van der Waals surface area contributed by atoms with Crippen LogP contribution in [-0.4, -0.2) is 59.2 Å². The zero-order valence-electron chi connectivity index (χ0n) is 10.5. The van der Waals surface area contributed by atoms with Crippen LogP contribution in [0.5, 0.6) is 0 Å². The van der Waals surface area contributed by atoms with E-state index in [0.717, 1.165) is 17.9 Å². The Hall–Kier alpha value is -0.750. The number of amides is 1. The number of thioether (sulfide) groups is 1. The van der Waals surface area contributed by atoms with Gasteiger partial charge in [0.1, 0.15) is 5.92 Å². The van der Waals surface area contributed by atoms with Crippen molar-refractivity contribution in [3.8, 4) is 0 Å². The highest BCUT2D eigenvalue weighted by Crippen LogP contribution is 2.28. The zero-order valence-corrected chi connectivity index (χ0v) is 11.3. The summed E-state index contributed by atoms with van der Waals surface area (Å²) in [5, 5.41) is 9.15. The minimum absolute atomic E-state index is 0.0602. The van der Waals surface area contributed by atoms with Crippen LogP contribution in [-0.2, 0) is 14.3 Å². The Balaban J connectivity index is 2.07. The van der Waals surface area contributed by atoms with Crippen LogP contribution < -0.4 is 0 Å². The van der Waals surface area contributed by atoms with E-state index in [4.69, 9.17) is 9.84 Å². The van der Waals surface area contributed by atoms with Gasteiger partial charge in [0.2, 0.25) is 5.91 Å². The van der Waals surface area contributed by atoms with Gasteiger partial charge in [-0.1, -0.05) is 0 Å². The fourth-order valence-electron chi connectivity index (χ4n) is 2.60. The van der Waals surface area contributed by atoms with Gasteiger partial charge in [0.15, 0.2) is 0 Å². The molecule has 0 aromatic rings. The number of aliphatic carboxylic acids is 1. The fourth-order valence-corrected chi connectivity index (χ4v) is 3.82. The van der Waals surface area contributed by atoms with E-state index in [2.05, 4.69) is 0 Å². The molecule has 5 nitrogen and oxygen atoms in total. The molecule has 0 saturated carbocycles. The summed E-state index contributed by atoms with van der Waals surface area (Å²) in [6, 6.07) is -0.300. The van der Waals surface area contributed by atoms with Crippen molar-refractivity contribution in [2.45, 2.75) is 19.4 Å². The summed E-state index contributed by atoms with van der Waals surface area (Å²) in [7, 11) is 0. The Morgan fingerprint density at radius 2 is 2.22 bits per heavy atom. The van der Waals surface area contributed by atoms with Crippen molar-refractivity contribution in [1.29, 1.82) is 0 Å². The lowest BCUT2D eigenvalue weighted by Gasteiger charge is -2.31. The number of hydrogen-bond donors (Lipinski definition) is 1. The molecule has 0 aliphatic carbocycles. The molecule has 3 atom stereocenters. The van der Waals surface area contributed by atoms with Crippen LogP contribution in [0.2, 0.25) is 0 Å². The lowest BCUT2D eigenvalue weighted by molar-refractivity contribution is -0.145. The average Bonchev–Trinajstić information content (AvgIpc) is 3.00. The number of carboxylic acids is 1. The molecule has 2 aliphatic rings. The number of carbonyl (C=O) groups is 2. The van der Waals surface area contributed by atoms with Gasteiger partial charge in [-0.2, -0.15) is 11.8 Å². The van der Waals surface area contributed by atoms with Crippen molar-refractivity contribution in [3.05, 3.63) is 0 Å². The maximum atomic E-state index is 12.4. The van der Waals surface area contributed by atoms with Gasteiger partial charge < -0.3 is 14.7 Å². The van der Waals surface area contributed by atoms with Crippen molar-refractivity contribution in [2.24, 2.45) is 11.8 Å². The smallest absolute Gasteiger partial charge is 0.311 e. The predicted molar refractivity (Wildman–Crippen MR) is 68.6 cm³/mol. The predicted octanol–water partition coefficient (Wildman–Crippen LogP) is 0.688. The summed E-state index contributed by atoms with van der Waals surface area (Å²) in [5.74, 6) is 0.597. The van der Waals surface area contributed by atoms with Gasteiger partial charge in [-0.25, -0.2) is 0 Å². The van der Waals surface area contributed by atoms with E-state index in [1.54, 1.807) is 16.7 Å². The van der Waals surface area contributed by atoms with E-state index >= 15 is 0 Å². The number of carboxylic acid groups (broad SMARTS) is 1. The Morgan fingerprint density at radius 3 is 2.78 bits per heavy atom. The quantitative estimate of drug-likeness (QED) is 0.816. The second-order valence-electron chi connectivity index (χ2n) is 4.73. The van der Waals surface area contributed by atoms with E-state index in [1.165, 1.54) is 0 Å². The first kappa shape index (κ1) is 13.7. The maximum absolute atomic E-state index is 12.4. The van der Waals surface area contributed by atoms with E-state index in [9.17, 15) is 9.59 Å². The van der Waals surface area contributed by atoms with Gasteiger partial charge in [-0.05, 0) is 19.1 Å². The molecule has 1 N–H and O–H groups in total. The van der Waals surface area contributed by atoms with Gasteiger partial charge in [-0.15, -0.1) is 0 Å².